The highest BCUT2D eigenvalue weighted by Gasteiger charge is 2.24. The SMILES string of the molecule is Cc1cccc(C)c1-c1cc2nc(n1)NS(=O)(=O)c1cccc(c1)C(=O)NC[C@@H](c1ccccn1)O2. The molecule has 1 aliphatic heterocycles. The lowest BCUT2D eigenvalue weighted by Gasteiger charge is -2.20. The number of nitrogens with zero attached hydrogens (tertiary/aromatic N) is 3. The molecule has 9 nitrogen and oxygen atoms in total. The van der Waals surface area contributed by atoms with Gasteiger partial charge in [0.1, 0.15) is 0 Å². The van der Waals surface area contributed by atoms with Crippen LogP contribution in [0.15, 0.2) is 77.8 Å². The number of carbonyl (C=O) groups excluding carboxylic acids is 1. The Morgan fingerprint density at radius 2 is 1.72 bits per heavy atom. The molecule has 36 heavy (non-hydrogen) atoms. The number of aromatic nitrogens is 3. The normalized spacial score (nSPS) is 16.8. The molecule has 10 heteroatoms. The number of benzene rings is 2. The molecule has 0 saturated carbocycles. The Morgan fingerprint density at radius 1 is 0.944 bits per heavy atom. The zero-order valence-electron chi connectivity index (χ0n) is 19.6. The van der Waals surface area contributed by atoms with E-state index in [1.807, 2.05) is 38.1 Å². The highest BCUT2D eigenvalue weighted by molar-refractivity contribution is 7.92. The first-order valence-corrected chi connectivity index (χ1v) is 12.7. The number of aryl methyl sites for hydroxylation is 2. The van der Waals surface area contributed by atoms with Crippen molar-refractivity contribution in [1.29, 1.82) is 0 Å². The van der Waals surface area contributed by atoms with Crippen LogP contribution in [0.1, 0.15) is 33.3 Å². The van der Waals surface area contributed by atoms with Crippen molar-refractivity contribution in [3.63, 3.8) is 0 Å². The van der Waals surface area contributed by atoms with Crippen LogP contribution in [-0.4, -0.2) is 35.8 Å². The van der Waals surface area contributed by atoms with Crippen LogP contribution in [0.5, 0.6) is 5.88 Å². The minimum Gasteiger partial charge on any atom is -0.466 e. The first kappa shape index (κ1) is 23.4. The lowest BCUT2D eigenvalue weighted by Crippen LogP contribution is -2.31. The molecule has 0 aliphatic carbocycles. The van der Waals surface area contributed by atoms with Gasteiger partial charge in [-0.05, 0) is 55.3 Å². The van der Waals surface area contributed by atoms with Crippen LogP contribution in [-0.2, 0) is 10.0 Å². The van der Waals surface area contributed by atoms with Gasteiger partial charge < -0.3 is 10.1 Å². The third-order valence-electron chi connectivity index (χ3n) is 5.80. The van der Waals surface area contributed by atoms with Gasteiger partial charge in [-0.25, -0.2) is 18.1 Å². The monoisotopic (exact) mass is 501 g/mol. The maximum atomic E-state index is 13.2. The van der Waals surface area contributed by atoms with Gasteiger partial charge in [-0.2, -0.15) is 4.98 Å². The van der Waals surface area contributed by atoms with E-state index in [2.05, 4.69) is 25.0 Å². The Morgan fingerprint density at radius 3 is 2.47 bits per heavy atom. The summed E-state index contributed by atoms with van der Waals surface area (Å²) in [6.45, 7) is 3.99. The number of hydrogen-bond acceptors (Lipinski definition) is 7. The van der Waals surface area contributed by atoms with Gasteiger partial charge in [0, 0.05) is 23.4 Å². The Labute approximate surface area is 208 Å². The summed E-state index contributed by atoms with van der Waals surface area (Å²) in [7, 11) is -4.09. The second kappa shape index (κ2) is 9.38. The second-order valence-corrected chi connectivity index (χ2v) is 10.1. The Kier molecular flexibility index (Phi) is 6.11. The van der Waals surface area contributed by atoms with Crippen molar-refractivity contribution in [1.82, 2.24) is 20.3 Å². The lowest BCUT2D eigenvalue weighted by molar-refractivity contribution is 0.0924. The zero-order chi connectivity index (χ0) is 25.3. The number of sulfonamides is 1. The molecular formula is C26H23N5O4S. The van der Waals surface area contributed by atoms with E-state index in [1.54, 1.807) is 30.5 Å². The first-order chi connectivity index (χ1) is 17.3. The minimum absolute atomic E-state index is 0.0817. The average Bonchev–Trinajstić information content (AvgIpc) is 2.86. The van der Waals surface area contributed by atoms with E-state index in [9.17, 15) is 13.2 Å². The molecule has 2 N–H and O–H groups in total. The average molecular weight is 502 g/mol. The Bertz CT molecular complexity index is 1540. The van der Waals surface area contributed by atoms with E-state index >= 15 is 0 Å². The summed E-state index contributed by atoms with van der Waals surface area (Å²) in [5, 5.41) is 2.82. The summed E-state index contributed by atoms with van der Waals surface area (Å²) in [6.07, 6.45) is 0.941. The van der Waals surface area contributed by atoms with Crippen LogP contribution < -0.4 is 14.8 Å². The van der Waals surface area contributed by atoms with E-state index in [0.717, 1.165) is 16.7 Å². The molecule has 1 amide bonds. The first-order valence-electron chi connectivity index (χ1n) is 11.2. The van der Waals surface area contributed by atoms with Crippen molar-refractivity contribution >= 4 is 21.9 Å². The van der Waals surface area contributed by atoms with E-state index in [4.69, 9.17) is 4.74 Å². The van der Waals surface area contributed by atoms with E-state index in [-0.39, 0.29) is 28.8 Å². The number of amides is 1. The molecule has 2 aromatic carbocycles. The molecule has 1 aliphatic rings. The smallest absolute Gasteiger partial charge is 0.264 e. The molecule has 1 atom stereocenters. The second-order valence-electron chi connectivity index (χ2n) is 8.39. The molecule has 182 valence electrons. The van der Waals surface area contributed by atoms with Crippen molar-refractivity contribution in [3.05, 3.63) is 95.3 Å². The largest absolute Gasteiger partial charge is 0.466 e. The fourth-order valence-electron chi connectivity index (χ4n) is 4.07. The van der Waals surface area contributed by atoms with Gasteiger partial charge in [-0.1, -0.05) is 30.3 Å². The lowest BCUT2D eigenvalue weighted by atomic mass is 10.00. The summed E-state index contributed by atoms with van der Waals surface area (Å²) in [5.41, 5.74) is 4.05. The van der Waals surface area contributed by atoms with Crippen LogP contribution in [0.2, 0.25) is 0 Å². The van der Waals surface area contributed by atoms with E-state index in [0.29, 0.717) is 11.4 Å². The molecule has 0 saturated heterocycles. The summed E-state index contributed by atoms with van der Waals surface area (Å²) in [4.78, 5) is 26.0. The van der Waals surface area contributed by atoms with E-state index in [1.165, 1.54) is 18.2 Å². The van der Waals surface area contributed by atoms with Gasteiger partial charge in [-0.15, -0.1) is 0 Å². The molecule has 3 heterocycles. The number of pyridine rings is 1. The number of anilines is 1. The quantitative estimate of drug-likeness (QED) is 0.428. The standard InChI is InChI=1S/C26H23N5O4S/c1-16-7-5-8-17(2)24(16)21-14-23-30-26(29-21)31-36(33,34)19-10-6-9-18(13-19)25(32)28-15-22(35-23)20-11-3-4-12-27-20/h3-14,22H,15H2,1-2H3,(H,28,32)(H,29,30,31)/t22-/m0/s1. The summed E-state index contributed by atoms with van der Waals surface area (Å²) in [6, 6.07) is 18.7. The number of ether oxygens (including phenoxy) is 1. The topological polar surface area (TPSA) is 123 Å². The van der Waals surface area contributed by atoms with Crippen molar-refractivity contribution in [2.75, 3.05) is 11.3 Å². The van der Waals surface area contributed by atoms with Crippen molar-refractivity contribution in [3.8, 4) is 17.1 Å². The van der Waals surface area contributed by atoms with Gasteiger partial charge in [0.05, 0.1) is 22.8 Å². The van der Waals surface area contributed by atoms with Crippen molar-refractivity contribution in [2.45, 2.75) is 24.8 Å². The molecule has 0 spiro atoms. The van der Waals surface area contributed by atoms with E-state index < -0.39 is 22.0 Å². The predicted octanol–water partition coefficient (Wildman–Crippen LogP) is 3.82. The van der Waals surface area contributed by atoms with Gasteiger partial charge in [0.2, 0.25) is 11.8 Å². The highest BCUT2D eigenvalue weighted by atomic mass is 32.2. The molecule has 5 rings (SSSR count). The number of hydrogen-bond donors (Lipinski definition) is 2. The summed E-state index contributed by atoms with van der Waals surface area (Å²) >= 11 is 0. The highest BCUT2D eigenvalue weighted by Crippen LogP contribution is 2.31. The van der Waals surface area contributed by atoms with Gasteiger partial charge in [0.15, 0.2) is 6.10 Å². The zero-order valence-corrected chi connectivity index (χ0v) is 20.4. The number of rotatable bonds is 2. The number of nitrogens with one attached hydrogen (secondary N) is 2. The molecular weight excluding hydrogens is 478 g/mol. The van der Waals surface area contributed by atoms with Crippen LogP contribution in [0.25, 0.3) is 11.3 Å². The maximum absolute atomic E-state index is 13.2. The maximum Gasteiger partial charge on any atom is 0.264 e. The minimum atomic E-state index is -4.09. The number of carbonyl (C=O) groups is 1. The van der Waals surface area contributed by atoms with Gasteiger partial charge >= 0.3 is 0 Å². The summed E-state index contributed by atoms with van der Waals surface area (Å²) in [5.74, 6) is -0.449. The van der Waals surface area contributed by atoms with Gasteiger partial charge in [0.25, 0.3) is 15.9 Å². The van der Waals surface area contributed by atoms with Crippen LogP contribution in [0, 0.1) is 13.8 Å². The van der Waals surface area contributed by atoms with Crippen LogP contribution in [0.3, 0.4) is 0 Å². The molecule has 0 unspecified atom stereocenters. The fraction of sp³-hybridized carbons (Fsp3) is 0.154. The van der Waals surface area contributed by atoms with Crippen LogP contribution >= 0.6 is 0 Å². The van der Waals surface area contributed by atoms with Crippen molar-refractivity contribution < 1.29 is 17.9 Å². The van der Waals surface area contributed by atoms with Crippen LogP contribution in [0.4, 0.5) is 5.95 Å². The Balaban J connectivity index is 1.69. The van der Waals surface area contributed by atoms with Gasteiger partial charge in [-0.3, -0.25) is 9.78 Å². The third kappa shape index (κ3) is 4.76. The molecule has 2 aromatic heterocycles. The molecule has 0 fully saturated rings. The molecule has 4 bridgehead atoms. The number of fused-ring (bicyclic) bond motifs is 4. The molecule has 4 aromatic rings. The summed E-state index contributed by atoms with van der Waals surface area (Å²) < 4.78 is 35.0. The predicted molar refractivity (Wildman–Crippen MR) is 134 cm³/mol. The Hall–Kier alpha value is -4.31. The third-order valence-corrected chi connectivity index (χ3v) is 7.13. The fourth-order valence-corrected chi connectivity index (χ4v) is 5.06. The molecule has 0 radical (unpaired) electrons. The van der Waals surface area contributed by atoms with Crippen molar-refractivity contribution in [2.24, 2.45) is 0 Å².